The topological polar surface area (TPSA) is 161 Å². The van der Waals surface area contributed by atoms with Crippen LogP contribution >= 0.6 is 0 Å². The van der Waals surface area contributed by atoms with Gasteiger partial charge in [0.1, 0.15) is 24.4 Å². The Labute approximate surface area is 149 Å². The van der Waals surface area contributed by atoms with E-state index in [0.717, 1.165) is 13.8 Å². The summed E-state index contributed by atoms with van der Waals surface area (Å²) in [5.74, 6) is -1.48. The summed E-state index contributed by atoms with van der Waals surface area (Å²) in [5, 5.41) is 39.8. The molecule has 11 nitrogen and oxygen atoms in total. The fourth-order valence-electron chi connectivity index (χ4n) is 2.82. The maximum absolute atomic E-state index is 11.4. The molecule has 0 saturated carbocycles. The summed E-state index contributed by atoms with van der Waals surface area (Å²) in [7, 11) is 0. The number of hydrogen-bond acceptors (Lipinski definition) is 11. The third kappa shape index (κ3) is 4.68. The molecular formula is C15H24O11. The van der Waals surface area contributed by atoms with Gasteiger partial charge in [0.15, 0.2) is 24.8 Å². The van der Waals surface area contributed by atoms with Crippen molar-refractivity contribution in [3.8, 4) is 0 Å². The normalized spacial score (nSPS) is 43.6. The Morgan fingerprint density at radius 2 is 1.50 bits per heavy atom. The average molecular weight is 380 g/mol. The summed E-state index contributed by atoms with van der Waals surface area (Å²) < 4.78 is 26.0. The molecule has 2 rings (SSSR count). The van der Waals surface area contributed by atoms with Crippen LogP contribution < -0.4 is 0 Å². The average Bonchev–Trinajstić information content (AvgIpc) is 2.54. The van der Waals surface area contributed by atoms with Gasteiger partial charge in [-0.2, -0.15) is 0 Å². The minimum absolute atomic E-state index is 0.299. The first-order valence-electron chi connectivity index (χ1n) is 8.11. The fourth-order valence-corrected chi connectivity index (χ4v) is 2.82. The summed E-state index contributed by atoms with van der Waals surface area (Å²) in [6, 6.07) is 0. The van der Waals surface area contributed by atoms with E-state index in [2.05, 4.69) is 0 Å². The largest absolute Gasteiger partial charge is 0.455 e. The van der Waals surface area contributed by atoms with Gasteiger partial charge in [0.05, 0.1) is 12.7 Å². The molecule has 2 aliphatic heterocycles. The van der Waals surface area contributed by atoms with Gasteiger partial charge in [-0.15, -0.1) is 0 Å². The van der Waals surface area contributed by atoms with E-state index in [4.69, 9.17) is 23.7 Å². The molecule has 0 aromatic carbocycles. The monoisotopic (exact) mass is 380 g/mol. The Hall–Kier alpha value is -1.34. The van der Waals surface area contributed by atoms with Crippen LogP contribution in [-0.4, -0.2) is 94.3 Å². The zero-order chi connectivity index (χ0) is 19.6. The van der Waals surface area contributed by atoms with Crippen LogP contribution in [0.5, 0.6) is 0 Å². The summed E-state index contributed by atoms with van der Waals surface area (Å²) in [4.78, 5) is 22.8. The molecule has 4 N–H and O–H groups in total. The van der Waals surface area contributed by atoms with Crippen LogP contribution in [0, 0.1) is 0 Å². The van der Waals surface area contributed by atoms with Crippen molar-refractivity contribution >= 4 is 11.9 Å². The minimum Gasteiger partial charge on any atom is -0.455 e. The number of aliphatic hydroxyl groups excluding tert-OH is 4. The fraction of sp³-hybridized carbons (Fsp3) is 0.867. The molecule has 0 aromatic heterocycles. The molecule has 2 fully saturated rings. The van der Waals surface area contributed by atoms with Gasteiger partial charge in [-0.25, -0.2) is 0 Å². The highest BCUT2D eigenvalue weighted by Gasteiger charge is 2.51. The second kappa shape index (κ2) is 8.57. The van der Waals surface area contributed by atoms with Crippen LogP contribution in [0.4, 0.5) is 0 Å². The summed E-state index contributed by atoms with van der Waals surface area (Å²) in [5.41, 5.74) is 0. The molecule has 2 saturated heterocycles. The number of aliphatic hydroxyl groups is 4. The number of esters is 2. The molecule has 9 atom stereocenters. The molecule has 0 spiro atoms. The molecule has 0 aliphatic carbocycles. The molecule has 0 radical (unpaired) electrons. The highest BCUT2D eigenvalue weighted by atomic mass is 16.7. The van der Waals surface area contributed by atoms with E-state index in [1.54, 1.807) is 0 Å². The SMILES string of the molecule is CC(=O)O[C@@H]1[C@@H](O)[C@H](C)O[C@@H](O[C@H]2C(O)OC[C@H](O)[C@@H]2O)[C@@H]1OC(C)=O. The number of hydrogen-bond donors (Lipinski definition) is 4. The Kier molecular flexibility index (Phi) is 6.91. The summed E-state index contributed by atoms with van der Waals surface area (Å²) in [6.07, 6.45) is -12.1. The highest BCUT2D eigenvalue weighted by molar-refractivity contribution is 5.67. The Morgan fingerprint density at radius 3 is 2.08 bits per heavy atom. The molecule has 0 amide bonds. The second-order valence-electron chi connectivity index (χ2n) is 6.23. The van der Waals surface area contributed by atoms with Gasteiger partial charge < -0.3 is 44.1 Å². The van der Waals surface area contributed by atoms with Crippen molar-refractivity contribution in [3.05, 3.63) is 0 Å². The van der Waals surface area contributed by atoms with Gasteiger partial charge >= 0.3 is 11.9 Å². The van der Waals surface area contributed by atoms with E-state index in [1.165, 1.54) is 6.92 Å². The van der Waals surface area contributed by atoms with Crippen LogP contribution in [0.1, 0.15) is 20.8 Å². The number of rotatable bonds is 4. The van der Waals surface area contributed by atoms with Gasteiger partial charge in [-0.05, 0) is 6.92 Å². The first kappa shape index (κ1) is 21.0. The molecule has 2 heterocycles. The van der Waals surface area contributed by atoms with Crippen molar-refractivity contribution in [1.82, 2.24) is 0 Å². The predicted octanol–water partition coefficient (Wildman–Crippen LogP) is -2.59. The van der Waals surface area contributed by atoms with Crippen molar-refractivity contribution in [2.24, 2.45) is 0 Å². The lowest BCUT2D eigenvalue weighted by atomic mass is 9.98. The van der Waals surface area contributed by atoms with Gasteiger partial charge in [-0.1, -0.05) is 0 Å². The van der Waals surface area contributed by atoms with E-state index in [1.807, 2.05) is 0 Å². The van der Waals surface area contributed by atoms with Gasteiger partial charge in [0.25, 0.3) is 0 Å². The van der Waals surface area contributed by atoms with Gasteiger partial charge in [0, 0.05) is 13.8 Å². The van der Waals surface area contributed by atoms with E-state index in [9.17, 15) is 30.0 Å². The zero-order valence-corrected chi connectivity index (χ0v) is 14.5. The number of carbonyl (C=O) groups is 2. The van der Waals surface area contributed by atoms with E-state index in [0.29, 0.717) is 0 Å². The molecule has 11 heteroatoms. The molecule has 0 aromatic rings. The summed E-state index contributed by atoms with van der Waals surface area (Å²) in [6.45, 7) is 3.39. The Balaban J connectivity index is 2.24. The molecule has 0 bridgehead atoms. The predicted molar refractivity (Wildman–Crippen MR) is 80.3 cm³/mol. The second-order valence-corrected chi connectivity index (χ2v) is 6.23. The lowest BCUT2D eigenvalue weighted by molar-refractivity contribution is -0.349. The maximum Gasteiger partial charge on any atom is 0.303 e. The van der Waals surface area contributed by atoms with Crippen molar-refractivity contribution in [2.45, 2.75) is 76.1 Å². The maximum atomic E-state index is 11.4. The molecule has 1 unspecified atom stereocenters. The van der Waals surface area contributed by atoms with E-state index < -0.39 is 67.2 Å². The van der Waals surface area contributed by atoms with Crippen molar-refractivity contribution in [3.63, 3.8) is 0 Å². The first-order valence-corrected chi connectivity index (χ1v) is 8.11. The highest BCUT2D eigenvalue weighted by Crippen LogP contribution is 2.30. The third-order valence-corrected chi connectivity index (χ3v) is 4.10. The van der Waals surface area contributed by atoms with Crippen molar-refractivity contribution in [1.29, 1.82) is 0 Å². The molecule has 2 aliphatic rings. The minimum atomic E-state index is -1.58. The van der Waals surface area contributed by atoms with Crippen LogP contribution in [-0.2, 0) is 33.3 Å². The molecule has 150 valence electrons. The lowest BCUT2D eigenvalue weighted by Gasteiger charge is -2.45. The van der Waals surface area contributed by atoms with E-state index >= 15 is 0 Å². The quantitative estimate of drug-likeness (QED) is 0.379. The molecule has 26 heavy (non-hydrogen) atoms. The lowest BCUT2D eigenvalue weighted by Crippen LogP contribution is -2.63. The smallest absolute Gasteiger partial charge is 0.303 e. The first-order chi connectivity index (χ1) is 12.1. The van der Waals surface area contributed by atoms with Crippen molar-refractivity contribution in [2.75, 3.05) is 6.61 Å². The van der Waals surface area contributed by atoms with Crippen LogP contribution in [0.25, 0.3) is 0 Å². The standard InChI is InChI=1S/C15H24O11/c1-5-9(19)11(24-6(2)16)13(25-7(3)17)15(23-5)26-12-10(20)8(18)4-22-14(12)21/h5,8-15,18-21H,4H2,1-3H3/t5-,8-,9-,10-,11+,12+,13+,14?,15-/m0/s1. The number of ether oxygens (including phenoxy) is 5. The Bertz CT molecular complexity index is 512. The van der Waals surface area contributed by atoms with Gasteiger partial charge in [-0.3, -0.25) is 9.59 Å². The Morgan fingerprint density at radius 1 is 0.923 bits per heavy atom. The van der Waals surface area contributed by atoms with Crippen LogP contribution in [0.2, 0.25) is 0 Å². The van der Waals surface area contributed by atoms with E-state index in [-0.39, 0.29) is 6.61 Å². The van der Waals surface area contributed by atoms with Crippen molar-refractivity contribution < 1.29 is 53.7 Å². The number of carbonyl (C=O) groups excluding carboxylic acids is 2. The third-order valence-electron chi connectivity index (χ3n) is 4.10. The van der Waals surface area contributed by atoms with Gasteiger partial charge in [0.2, 0.25) is 0 Å². The summed E-state index contributed by atoms with van der Waals surface area (Å²) >= 11 is 0. The zero-order valence-electron chi connectivity index (χ0n) is 14.5. The molecular weight excluding hydrogens is 356 g/mol. The van der Waals surface area contributed by atoms with Crippen LogP contribution in [0.15, 0.2) is 0 Å². The van der Waals surface area contributed by atoms with Crippen LogP contribution in [0.3, 0.4) is 0 Å².